The van der Waals surface area contributed by atoms with Crippen molar-refractivity contribution >= 4 is 23.7 Å². The van der Waals surface area contributed by atoms with Crippen LogP contribution in [0.2, 0.25) is 0 Å². The molecule has 0 heterocycles. The molecule has 0 aliphatic rings. The van der Waals surface area contributed by atoms with Crippen LogP contribution in [0.15, 0.2) is 0 Å². The second-order valence-corrected chi connectivity index (χ2v) is 8.91. The Hall–Kier alpha value is -2.20. The lowest BCUT2D eigenvalue weighted by Gasteiger charge is -2.29. The Balaban J connectivity index is 5.30. The number of carbonyl (C=O) groups is 4. The highest BCUT2D eigenvalue weighted by Gasteiger charge is 2.33. The largest absolute Gasteiger partial charge is 0.480 e. The van der Waals surface area contributed by atoms with E-state index < -0.39 is 47.9 Å². The number of nitrogens with one attached hydrogen (secondary N) is 3. The van der Waals surface area contributed by atoms with E-state index in [2.05, 4.69) is 16.0 Å². The van der Waals surface area contributed by atoms with Gasteiger partial charge in [0.1, 0.15) is 18.1 Å². The average molecular weight is 444 g/mol. The zero-order valence-electron chi connectivity index (χ0n) is 19.6. The van der Waals surface area contributed by atoms with Crippen molar-refractivity contribution in [2.24, 2.45) is 29.2 Å². The topological polar surface area (TPSA) is 177 Å². The standard InChI is InChI=1S/C21H41N5O5/c1-11(2)15(23)18(27)25-17(13(5)6)20(29)26-16(12(3)4)19(28)24-14(21(30)31)9-7-8-10-22/h11-17H,7-10,22-23H2,1-6H3,(H,24,28)(H,25,27)(H,26,29)(H,30,31)/t14-,15-,16-,17-/m0/s1. The lowest BCUT2D eigenvalue weighted by Crippen LogP contribution is -2.59. The van der Waals surface area contributed by atoms with Gasteiger partial charge in [0.2, 0.25) is 17.7 Å². The van der Waals surface area contributed by atoms with Crippen LogP contribution in [0.5, 0.6) is 0 Å². The molecule has 0 unspecified atom stereocenters. The molecule has 0 aromatic rings. The van der Waals surface area contributed by atoms with Crippen molar-refractivity contribution in [1.29, 1.82) is 0 Å². The van der Waals surface area contributed by atoms with Crippen LogP contribution < -0.4 is 27.4 Å². The van der Waals surface area contributed by atoms with E-state index in [1.54, 1.807) is 41.5 Å². The van der Waals surface area contributed by atoms with Crippen molar-refractivity contribution in [3.8, 4) is 0 Å². The maximum Gasteiger partial charge on any atom is 0.326 e. The molecule has 0 aliphatic heterocycles. The molecule has 0 bridgehead atoms. The first-order valence-electron chi connectivity index (χ1n) is 10.9. The Labute approximate surface area is 185 Å². The number of rotatable bonds is 14. The summed E-state index contributed by atoms with van der Waals surface area (Å²) >= 11 is 0. The molecule has 0 rings (SSSR count). The first-order valence-corrected chi connectivity index (χ1v) is 10.9. The molecule has 3 amide bonds. The summed E-state index contributed by atoms with van der Waals surface area (Å²) in [5, 5.41) is 17.2. The van der Waals surface area contributed by atoms with E-state index >= 15 is 0 Å². The third kappa shape index (κ3) is 10.1. The first kappa shape index (κ1) is 28.8. The summed E-state index contributed by atoms with van der Waals surface area (Å²) in [6.07, 6.45) is 1.46. The molecule has 0 saturated carbocycles. The quantitative estimate of drug-likeness (QED) is 0.204. The molecule has 0 spiro atoms. The number of unbranched alkanes of at least 4 members (excludes halogenated alkanes) is 1. The molecule has 10 nitrogen and oxygen atoms in total. The highest BCUT2D eigenvalue weighted by molar-refractivity contribution is 5.94. The lowest BCUT2D eigenvalue weighted by molar-refractivity contribution is -0.143. The van der Waals surface area contributed by atoms with Gasteiger partial charge in [-0.1, -0.05) is 41.5 Å². The average Bonchev–Trinajstić information content (AvgIpc) is 2.67. The van der Waals surface area contributed by atoms with Crippen LogP contribution in [0.25, 0.3) is 0 Å². The summed E-state index contributed by atoms with van der Waals surface area (Å²) in [6, 6.07) is -3.67. The van der Waals surface area contributed by atoms with Crippen LogP contribution in [-0.4, -0.2) is 59.5 Å². The van der Waals surface area contributed by atoms with Gasteiger partial charge >= 0.3 is 5.97 Å². The van der Waals surface area contributed by atoms with E-state index in [1.165, 1.54) is 0 Å². The number of amides is 3. The molecule has 0 saturated heterocycles. The molecular formula is C21H41N5O5. The third-order valence-corrected chi connectivity index (χ3v) is 5.08. The second kappa shape index (κ2) is 14.0. The van der Waals surface area contributed by atoms with E-state index in [-0.39, 0.29) is 24.2 Å². The summed E-state index contributed by atoms with van der Waals surface area (Å²) in [5.41, 5.74) is 11.3. The molecule has 0 aromatic carbocycles. The number of nitrogens with two attached hydrogens (primary N) is 2. The lowest BCUT2D eigenvalue weighted by atomic mass is 9.98. The molecule has 10 heteroatoms. The number of hydrogen-bond acceptors (Lipinski definition) is 6. The van der Waals surface area contributed by atoms with Gasteiger partial charge in [0.15, 0.2) is 0 Å². The summed E-state index contributed by atoms with van der Waals surface area (Å²) in [7, 11) is 0. The maximum absolute atomic E-state index is 12.9. The smallest absolute Gasteiger partial charge is 0.326 e. The van der Waals surface area contributed by atoms with Crippen molar-refractivity contribution in [1.82, 2.24) is 16.0 Å². The Bertz CT molecular complexity index is 609. The summed E-state index contributed by atoms with van der Waals surface area (Å²) in [4.78, 5) is 49.5. The number of carboxylic acid groups (broad SMARTS) is 1. The van der Waals surface area contributed by atoms with E-state index in [0.717, 1.165) is 0 Å². The first-order chi connectivity index (χ1) is 14.3. The van der Waals surface area contributed by atoms with Crippen LogP contribution in [0, 0.1) is 17.8 Å². The van der Waals surface area contributed by atoms with Crippen LogP contribution >= 0.6 is 0 Å². The molecular weight excluding hydrogens is 402 g/mol. The highest BCUT2D eigenvalue weighted by atomic mass is 16.4. The fraction of sp³-hybridized carbons (Fsp3) is 0.810. The molecule has 180 valence electrons. The van der Waals surface area contributed by atoms with Crippen LogP contribution in [0.1, 0.15) is 60.8 Å². The van der Waals surface area contributed by atoms with E-state index in [0.29, 0.717) is 19.4 Å². The fourth-order valence-electron chi connectivity index (χ4n) is 2.88. The van der Waals surface area contributed by atoms with E-state index in [9.17, 15) is 24.3 Å². The minimum absolute atomic E-state index is 0.0997. The second-order valence-electron chi connectivity index (χ2n) is 8.91. The Kier molecular flexibility index (Phi) is 13.0. The van der Waals surface area contributed by atoms with Gasteiger partial charge in [-0.3, -0.25) is 14.4 Å². The predicted molar refractivity (Wildman–Crippen MR) is 119 cm³/mol. The van der Waals surface area contributed by atoms with Gasteiger partial charge in [-0.05, 0) is 43.6 Å². The van der Waals surface area contributed by atoms with E-state index in [1.807, 2.05) is 0 Å². The molecule has 0 radical (unpaired) electrons. The van der Waals surface area contributed by atoms with Gasteiger partial charge in [-0.2, -0.15) is 0 Å². The van der Waals surface area contributed by atoms with Gasteiger partial charge in [-0.25, -0.2) is 4.79 Å². The SMILES string of the molecule is CC(C)[C@H](N)C(=O)N[C@H](C(=O)N[C@H](C(=O)N[C@@H](CCCCN)C(=O)O)C(C)C)C(C)C. The predicted octanol–water partition coefficient (Wildman–Crippen LogP) is -0.0503. The maximum atomic E-state index is 12.9. The minimum atomic E-state index is -1.14. The minimum Gasteiger partial charge on any atom is -0.480 e. The normalized spacial score (nSPS) is 15.3. The summed E-state index contributed by atoms with van der Waals surface area (Å²) in [6.45, 7) is 11.1. The Morgan fingerprint density at radius 3 is 1.58 bits per heavy atom. The van der Waals surface area contributed by atoms with Crippen molar-refractivity contribution in [3.63, 3.8) is 0 Å². The van der Waals surface area contributed by atoms with Crippen molar-refractivity contribution in [3.05, 3.63) is 0 Å². The molecule has 0 aliphatic carbocycles. The zero-order chi connectivity index (χ0) is 24.3. The number of hydrogen-bond donors (Lipinski definition) is 6. The number of aliphatic carboxylic acids is 1. The molecule has 31 heavy (non-hydrogen) atoms. The summed E-state index contributed by atoms with van der Waals surface area (Å²) < 4.78 is 0. The highest BCUT2D eigenvalue weighted by Crippen LogP contribution is 2.09. The summed E-state index contributed by atoms with van der Waals surface area (Å²) in [5.74, 6) is -3.35. The Morgan fingerprint density at radius 1 is 0.742 bits per heavy atom. The van der Waals surface area contributed by atoms with Gasteiger partial charge in [-0.15, -0.1) is 0 Å². The van der Waals surface area contributed by atoms with Crippen LogP contribution in [0.3, 0.4) is 0 Å². The monoisotopic (exact) mass is 443 g/mol. The number of carboxylic acids is 1. The molecule has 4 atom stereocenters. The van der Waals surface area contributed by atoms with Crippen LogP contribution in [-0.2, 0) is 19.2 Å². The van der Waals surface area contributed by atoms with Crippen LogP contribution in [0.4, 0.5) is 0 Å². The van der Waals surface area contributed by atoms with Gasteiger partial charge < -0.3 is 32.5 Å². The molecule has 0 fully saturated rings. The molecule has 0 aromatic heterocycles. The van der Waals surface area contributed by atoms with Crippen molar-refractivity contribution in [2.75, 3.05) is 6.54 Å². The molecule has 8 N–H and O–H groups in total. The third-order valence-electron chi connectivity index (χ3n) is 5.08. The van der Waals surface area contributed by atoms with E-state index in [4.69, 9.17) is 11.5 Å². The van der Waals surface area contributed by atoms with Gasteiger partial charge in [0.05, 0.1) is 6.04 Å². The zero-order valence-corrected chi connectivity index (χ0v) is 19.6. The van der Waals surface area contributed by atoms with Crippen molar-refractivity contribution in [2.45, 2.75) is 85.0 Å². The van der Waals surface area contributed by atoms with Crippen molar-refractivity contribution < 1.29 is 24.3 Å². The van der Waals surface area contributed by atoms with Gasteiger partial charge in [0.25, 0.3) is 0 Å². The van der Waals surface area contributed by atoms with Gasteiger partial charge in [0, 0.05) is 0 Å². The Morgan fingerprint density at radius 2 is 1.19 bits per heavy atom. The fourth-order valence-corrected chi connectivity index (χ4v) is 2.88. The number of carbonyl (C=O) groups excluding carboxylic acids is 3.